The number of hydrogen-bond donors (Lipinski definition) is 2. The normalized spacial score (nSPS) is 16.9. The molecule has 110 valence electrons. The summed E-state index contributed by atoms with van der Waals surface area (Å²) < 4.78 is 16.3. The number of aromatic nitrogens is 1. The van der Waals surface area contributed by atoms with Crippen LogP contribution in [0.15, 0.2) is 35.1 Å². The summed E-state index contributed by atoms with van der Waals surface area (Å²) in [4.78, 5) is 15.9. The molecule has 0 bridgehead atoms. The first-order valence-electron chi connectivity index (χ1n) is 6.47. The van der Waals surface area contributed by atoms with Gasteiger partial charge in [0.25, 0.3) is 0 Å². The van der Waals surface area contributed by atoms with Crippen molar-refractivity contribution in [3.05, 3.63) is 42.0 Å². The van der Waals surface area contributed by atoms with Crippen molar-refractivity contribution in [1.29, 1.82) is 0 Å². The van der Waals surface area contributed by atoms with Crippen LogP contribution in [0.25, 0.3) is 11.3 Å². The van der Waals surface area contributed by atoms with Crippen molar-refractivity contribution < 1.29 is 18.7 Å². The van der Waals surface area contributed by atoms with Crippen LogP contribution in [0.3, 0.4) is 0 Å². The van der Waals surface area contributed by atoms with Gasteiger partial charge < -0.3 is 13.9 Å². The summed E-state index contributed by atoms with van der Waals surface area (Å²) in [6, 6.07) is 5.30. The summed E-state index contributed by atoms with van der Waals surface area (Å²) in [5, 5.41) is 0. The number of amides is 1. The first-order valence-corrected chi connectivity index (χ1v) is 6.47. The molecule has 7 heteroatoms. The molecular formula is C14H15N3O4. The Kier molecular flexibility index (Phi) is 3.46. The number of pyridine rings is 1. The minimum Gasteiger partial charge on any atom is -0.458 e. The molecule has 0 unspecified atom stereocenters. The lowest BCUT2D eigenvalue weighted by Gasteiger charge is -2.22. The highest BCUT2D eigenvalue weighted by Gasteiger charge is 2.33. The smallest absolute Gasteiger partial charge is 0.301 e. The first kappa shape index (κ1) is 13.7. The summed E-state index contributed by atoms with van der Waals surface area (Å²) in [5.41, 5.74) is 4.03. The number of ether oxygens (including phenoxy) is 2. The summed E-state index contributed by atoms with van der Waals surface area (Å²) in [6.45, 7) is 2.96. The van der Waals surface area contributed by atoms with E-state index in [2.05, 4.69) is 4.98 Å². The van der Waals surface area contributed by atoms with Crippen LogP contribution in [-0.2, 0) is 15.3 Å². The average molecular weight is 289 g/mol. The summed E-state index contributed by atoms with van der Waals surface area (Å²) >= 11 is 0. The number of hydrogen-bond acceptors (Lipinski definition) is 6. The molecule has 0 aliphatic carbocycles. The third-order valence-corrected chi connectivity index (χ3v) is 3.40. The lowest BCUT2D eigenvalue weighted by Crippen LogP contribution is -2.30. The number of hydrazine groups is 1. The molecule has 3 heterocycles. The molecule has 0 spiro atoms. The molecule has 0 aromatic carbocycles. The maximum atomic E-state index is 11.6. The highest BCUT2D eigenvalue weighted by atomic mass is 16.7. The highest BCUT2D eigenvalue weighted by Crippen LogP contribution is 2.31. The predicted molar refractivity (Wildman–Crippen MR) is 72.8 cm³/mol. The van der Waals surface area contributed by atoms with E-state index in [9.17, 15) is 4.79 Å². The van der Waals surface area contributed by atoms with Gasteiger partial charge in [0, 0.05) is 11.8 Å². The molecule has 21 heavy (non-hydrogen) atoms. The third-order valence-electron chi connectivity index (χ3n) is 3.40. The van der Waals surface area contributed by atoms with E-state index < -0.39 is 11.7 Å². The van der Waals surface area contributed by atoms with Crippen molar-refractivity contribution in [2.24, 2.45) is 5.84 Å². The Morgan fingerprint density at radius 1 is 1.33 bits per heavy atom. The minimum atomic E-state index is -0.764. The average Bonchev–Trinajstić information content (AvgIpc) is 3.16. The van der Waals surface area contributed by atoms with Crippen LogP contribution < -0.4 is 11.3 Å². The quantitative estimate of drug-likeness (QED) is 0.500. The molecule has 1 fully saturated rings. The molecule has 2 aromatic rings. The number of nitrogens with two attached hydrogens (primary N) is 1. The molecule has 2 aromatic heterocycles. The Hall–Kier alpha value is -2.22. The largest absolute Gasteiger partial charge is 0.458 e. The van der Waals surface area contributed by atoms with E-state index in [1.54, 1.807) is 18.3 Å². The van der Waals surface area contributed by atoms with Crippen LogP contribution in [0.4, 0.5) is 0 Å². The SMILES string of the molecule is CC1(c2ccc(-c3ccoc3C(=O)NN)nc2)OCCO1. The Morgan fingerprint density at radius 2 is 2.10 bits per heavy atom. The van der Waals surface area contributed by atoms with Crippen LogP contribution in [0.5, 0.6) is 0 Å². The minimum absolute atomic E-state index is 0.123. The van der Waals surface area contributed by atoms with Crippen LogP contribution in [0.2, 0.25) is 0 Å². The van der Waals surface area contributed by atoms with E-state index in [4.69, 9.17) is 19.7 Å². The maximum absolute atomic E-state index is 11.6. The zero-order valence-corrected chi connectivity index (χ0v) is 11.5. The van der Waals surface area contributed by atoms with Gasteiger partial charge in [0.05, 0.1) is 30.7 Å². The maximum Gasteiger partial charge on any atom is 0.301 e. The molecule has 0 radical (unpaired) electrons. The van der Waals surface area contributed by atoms with Gasteiger partial charge in [0.15, 0.2) is 5.79 Å². The fourth-order valence-electron chi connectivity index (χ4n) is 2.26. The number of rotatable bonds is 3. The molecule has 1 saturated heterocycles. The molecule has 0 atom stereocenters. The van der Waals surface area contributed by atoms with Gasteiger partial charge in [-0.2, -0.15) is 0 Å². The van der Waals surface area contributed by atoms with E-state index in [0.717, 1.165) is 5.56 Å². The second-order valence-electron chi connectivity index (χ2n) is 4.71. The predicted octanol–water partition coefficient (Wildman–Crippen LogP) is 1.16. The van der Waals surface area contributed by atoms with E-state index in [1.165, 1.54) is 6.26 Å². The van der Waals surface area contributed by atoms with Gasteiger partial charge in [0.2, 0.25) is 5.76 Å². The van der Waals surface area contributed by atoms with Crippen LogP contribution in [0.1, 0.15) is 23.0 Å². The number of furan rings is 1. The molecule has 1 amide bonds. The number of nitrogens with zero attached hydrogens (tertiary/aromatic N) is 1. The molecule has 1 aliphatic rings. The Labute approximate surface area is 121 Å². The molecule has 1 aliphatic heterocycles. The number of nitrogen functional groups attached to an aromatic ring is 1. The number of nitrogens with one attached hydrogen (secondary N) is 1. The summed E-state index contributed by atoms with van der Waals surface area (Å²) in [7, 11) is 0. The molecule has 7 nitrogen and oxygen atoms in total. The van der Waals surface area contributed by atoms with Crippen LogP contribution in [0, 0.1) is 0 Å². The zero-order chi connectivity index (χ0) is 14.9. The molecule has 3 rings (SSSR count). The van der Waals surface area contributed by atoms with Crippen molar-refractivity contribution in [2.45, 2.75) is 12.7 Å². The van der Waals surface area contributed by atoms with Crippen molar-refractivity contribution in [2.75, 3.05) is 13.2 Å². The Balaban J connectivity index is 1.91. The lowest BCUT2D eigenvalue weighted by atomic mass is 10.1. The third kappa shape index (κ3) is 2.42. The van der Waals surface area contributed by atoms with E-state index >= 15 is 0 Å². The van der Waals surface area contributed by atoms with Gasteiger partial charge in [-0.05, 0) is 25.1 Å². The monoisotopic (exact) mass is 289 g/mol. The fourth-order valence-corrected chi connectivity index (χ4v) is 2.26. The van der Waals surface area contributed by atoms with Gasteiger partial charge in [-0.1, -0.05) is 0 Å². The van der Waals surface area contributed by atoms with Crippen molar-refractivity contribution >= 4 is 5.91 Å². The van der Waals surface area contributed by atoms with Crippen molar-refractivity contribution in [3.8, 4) is 11.3 Å². The van der Waals surface area contributed by atoms with Gasteiger partial charge in [-0.25, -0.2) is 5.84 Å². The Morgan fingerprint density at radius 3 is 2.71 bits per heavy atom. The summed E-state index contributed by atoms with van der Waals surface area (Å²) in [5.74, 6) is 3.98. The van der Waals surface area contributed by atoms with E-state index in [1.807, 2.05) is 18.4 Å². The molecular weight excluding hydrogens is 274 g/mol. The number of carbonyl (C=O) groups is 1. The first-order chi connectivity index (χ1) is 10.1. The van der Waals surface area contributed by atoms with Crippen LogP contribution >= 0.6 is 0 Å². The second kappa shape index (κ2) is 5.28. The fraction of sp³-hybridized carbons (Fsp3) is 0.286. The summed E-state index contributed by atoms with van der Waals surface area (Å²) in [6.07, 6.45) is 3.08. The highest BCUT2D eigenvalue weighted by molar-refractivity contribution is 5.97. The standard InChI is InChI=1S/C14H15N3O4/c1-14(20-6-7-21-14)9-2-3-11(16-8-9)10-4-5-19-12(10)13(18)17-15/h2-5,8H,6-7,15H2,1H3,(H,17,18). The van der Waals surface area contributed by atoms with Gasteiger partial charge >= 0.3 is 5.91 Å². The van der Waals surface area contributed by atoms with Gasteiger partial charge in [-0.15, -0.1) is 0 Å². The lowest BCUT2D eigenvalue weighted by molar-refractivity contribution is -0.149. The van der Waals surface area contributed by atoms with E-state index in [0.29, 0.717) is 24.5 Å². The molecule has 3 N–H and O–H groups in total. The zero-order valence-electron chi connectivity index (χ0n) is 11.5. The molecule has 0 saturated carbocycles. The second-order valence-corrected chi connectivity index (χ2v) is 4.71. The topological polar surface area (TPSA) is 99.6 Å². The number of carbonyl (C=O) groups excluding carboxylic acids is 1. The van der Waals surface area contributed by atoms with Crippen molar-refractivity contribution in [3.63, 3.8) is 0 Å². The van der Waals surface area contributed by atoms with Gasteiger partial charge in [0.1, 0.15) is 0 Å². The van der Waals surface area contributed by atoms with Gasteiger partial charge in [-0.3, -0.25) is 15.2 Å². The van der Waals surface area contributed by atoms with E-state index in [-0.39, 0.29) is 5.76 Å². The Bertz CT molecular complexity index is 644. The van der Waals surface area contributed by atoms with Crippen molar-refractivity contribution in [1.82, 2.24) is 10.4 Å². The van der Waals surface area contributed by atoms with Crippen LogP contribution in [-0.4, -0.2) is 24.1 Å².